The second kappa shape index (κ2) is 6.79. The molecule has 0 radical (unpaired) electrons. The van der Waals surface area contributed by atoms with E-state index >= 15 is 0 Å². The van der Waals surface area contributed by atoms with E-state index < -0.39 is 0 Å². The van der Waals surface area contributed by atoms with E-state index in [0.29, 0.717) is 13.0 Å². The number of ether oxygens (including phenoxy) is 1. The largest absolute Gasteiger partial charge is 0.385 e. The van der Waals surface area contributed by atoms with Crippen LogP contribution in [0.15, 0.2) is 24.3 Å². The van der Waals surface area contributed by atoms with Gasteiger partial charge in [0, 0.05) is 29.4 Å². The monoisotopic (exact) mass is 319 g/mol. The molecular weight excluding hydrogens is 305 g/mol. The van der Waals surface area contributed by atoms with Crippen molar-refractivity contribution in [3.8, 4) is 0 Å². The van der Waals surface area contributed by atoms with Crippen molar-refractivity contribution in [1.29, 1.82) is 0 Å². The van der Waals surface area contributed by atoms with Crippen LogP contribution in [0.3, 0.4) is 0 Å². The Labute approximate surface area is 103 Å². The first-order valence-corrected chi connectivity index (χ1v) is 5.84. The van der Waals surface area contributed by atoms with Gasteiger partial charge in [-0.3, -0.25) is 4.79 Å². The quantitative estimate of drug-likeness (QED) is 0.669. The second-order valence-corrected chi connectivity index (χ2v) is 4.40. The van der Waals surface area contributed by atoms with E-state index in [9.17, 15) is 4.79 Å². The smallest absolute Gasteiger partial charge is 0.224 e. The summed E-state index contributed by atoms with van der Waals surface area (Å²) in [5, 5.41) is 2.83. The number of methoxy groups -OCH3 is 1. The van der Waals surface area contributed by atoms with Crippen LogP contribution in [0.25, 0.3) is 0 Å². The topological polar surface area (TPSA) is 38.3 Å². The van der Waals surface area contributed by atoms with Crippen molar-refractivity contribution in [3.05, 3.63) is 27.8 Å². The molecule has 1 amide bonds. The van der Waals surface area contributed by atoms with Crippen LogP contribution in [-0.2, 0) is 9.53 Å². The lowest BCUT2D eigenvalue weighted by molar-refractivity contribution is -0.116. The molecule has 0 aliphatic carbocycles. The number of nitrogens with one attached hydrogen (secondary N) is 1. The third kappa shape index (κ3) is 5.13. The third-order valence-corrected chi connectivity index (χ3v) is 2.60. The normalized spacial score (nSPS) is 10.0. The van der Waals surface area contributed by atoms with Crippen LogP contribution in [0.1, 0.15) is 12.8 Å². The molecule has 0 aromatic heterocycles. The summed E-state index contributed by atoms with van der Waals surface area (Å²) in [7, 11) is 1.64. The Kier molecular flexibility index (Phi) is 5.63. The minimum Gasteiger partial charge on any atom is -0.385 e. The zero-order valence-electron chi connectivity index (χ0n) is 8.63. The molecule has 0 fully saturated rings. The summed E-state index contributed by atoms with van der Waals surface area (Å²) in [4.78, 5) is 11.4. The first-order chi connectivity index (χ1) is 7.22. The molecule has 82 valence electrons. The minimum atomic E-state index is 0.0354. The van der Waals surface area contributed by atoms with Gasteiger partial charge in [-0.1, -0.05) is 0 Å². The molecule has 0 aliphatic heterocycles. The van der Waals surface area contributed by atoms with E-state index in [0.717, 1.165) is 15.7 Å². The van der Waals surface area contributed by atoms with Gasteiger partial charge >= 0.3 is 0 Å². The molecule has 3 nitrogen and oxygen atoms in total. The number of carbonyl (C=O) groups excluding carboxylic acids is 1. The van der Waals surface area contributed by atoms with E-state index in [1.165, 1.54) is 0 Å². The molecule has 0 atom stereocenters. The number of amides is 1. The molecule has 0 saturated carbocycles. The lowest BCUT2D eigenvalue weighted by Crippen LogP contribution is -2.11. The summed E-state index contributed by atoms with van der Waals surface area (Å²) in [5.74, 6) is 0.0354. The highest BCUT2D eigenvalue weighted by atomic mass is 127. The molecule has 4 heteroatoms. The van der Waals surface area contributed by atoms with Crippen molar-refractivity contribution >= 4 is 34.2 Å². The SMILES string of the molecule is COCCCC(=O)Nc1ccc(I)cc1. The molecule has 1 aromatic carbocycles. The molecule has 0 bridgehead atoms. The van der Waals surface area contributed by atoms with E-state index in [2.05, 4.69) is 27.9 Å². The summed E-state index contributed by atoms with van der Waals surface area (Å²) < 4.78 is 6.03. The van der Waals surface area contributed by atoms with Crippen LogP contribution in [-0.4, -0.2) is 19.6 Å². The predicted molar refractivity (Wildman–Crippen MR) is 68.9 cm³/mol. The van der Waals surface area contributed by atoms with Gasteiger partial charge in [0.05, 0.1) is 0 Å². The Morgan fingerprint density at radius 2 is 2.07 bits per heavy atom. The standard InChI is InChI=1S/C11H14INO2/c1-15-8-2-3-11(14)13-10-6-4-9(12)5-7-10/h4-7H,2-3,8H2,1H3,(H,13,14). The second-order valence-electron chi connectivity index (χ2n) is 3.15. The lowest BCUT2D eigenvalue weighted by Gasteiger charge is -2.04. The van der Waals surface area contributed by atoms with E-state index in [4.69, 9.17) is 4.74 Å². The zero-order valence-corrected chi connectivity index (χ0v) is 10.8. The van der Waals surface area contributed by atoms with Crippen molar-refractivity contribution in [3.63, 3.8) is 0 Å². The molecule has 1 rings (SSSR count). The summed E-state index contributed by atoms with van der Waals surface area (Å²) in [6.07, 6.45) is 1.26. The Hall–Kier alpha value is -0.620. The zero-order chi connectivity index (χ0) is 11.1. The molecule has 1 N–H and O–H groups in total. The van der Waals surface area contributed by atoms with Crippen molar-refractivity contribution in [2.24, 2.45) is 0 Å². The maximum Gasteiger partial charge on any atom is 0.224 e. The molecule has 0 aliphatic rings. The summed E-state index contributed by atoms with van der Waals surface area (Å²) in [5.41, 5.74) is 0.845. The maximum atomic E-state index is 11.4. The van der Waals surface area contributed by atoms with Gasteiger partial charge in [0.25, 0.3) is 0 Å². The van der Waals surface area contributed by atoms with Gasteiger partial charge < -0.3 is 10.1 Å². The highest BCUT2D eigenvalue weighted by molar-refractivity contribution is 14.1. The first-order valence-electron chi connectivity index (χ1n) is 4.76. The van der Waals surface area contributed by atoms with Gasteiger partial charge in [-0.05, 0) is 53.3 Å². The average molecular weight is 319 g/mol. The molecule has 15 heavy (non-hydrogen) atoms. The van der Waals surface area contributed by atoms with Gasteiger partial charge in [0.15, 0.2) is 0 Å². The Morgan fingerprint density at radius 1 is 1.40 bits per heavy atom. The summed E-state index contributed by atoms with van der Waals surface area (Å²) >= 11 is 2.23. The van der Waals surface area contributed by atoms with Crippen molar-refractivity contribution < 1.29 is 9.53 Å². The fourth-order valence-electron chi connectivity index (χ4n) is 1.13. The molecule has 1 aromatic rings. The number of hydrogen-bond donors (Lipinski definition) is 1. The first kappa shape index (κ1) is 12.4. The lowest BCUT2D eigenvalue weighted by atomic mass is 10.3. The molecule has 0 spiro atoms. The number of anilines is 1. The molecular formula is C11H14INO2. The molecule has 0 heterocycles. The van der Waals surface area contributed by atoms with Crippen LogP contribution < -0.4 is 5.32 Å². The Morgan fingerprint density at radius 3 is 2.67 bits per heavy atom. The average Bonchev–Trinajstić information content (AvgIpc) is 2.22. The minimum absolute atomic E-state index is 0.0354. The van der Waals surface area contributed by atoms with Crippen molar-refractivity contribution in [2.75, 3.05) is 19.0 Å². The summed E-state index contributed by atoms with van der Waals surface area (Å²) in [6.45, 7) is 0.625. The van der Waals surface area contributed by atoms with Crippen molar-refractivity contribution in [2.45, 2.75) is 12.8 Å². The number of halogens is 1. The summed E-state index contributed by atoms with van der Waals surface area (Å²) in [6, 6.07) is 7.72. The molecule has 0 unspecified atom stereocenters. The van der Waals surface area contributed by atoms with Gasteiger partial charge in [0.2, 0.25) is 5.91 Å². The van der Waals surface area contributed by atoms with Gasteiger partial charge in [-0.15, -0.1) is 0 Å². The van der Waals surface area contributed by atoms with Gasteiger partial charge in [-0.25, -0.2) is 0 Å². The van der Waals surface area contributed by atoms with Crippen LogP contribution in [0, 0.1) is 3.57 Å². The van der Waals surface area contributed by atoms with Crippen LogP contribution >= 0.6 is 22.6 Å². The van der Waals surface area contributed by atoms with Gasteiger partial charge in [0.1, 0.15) is 0 Å². The fraction of sp³-hybridized carbons (Fsp3) is 0.364. The van der Waals surface area contributed by atoms with E-state index in [-0.39, 0.29) is 5.91 Å². The maximum absolute atomic E-state index is 11.4. The van der Waals surface area contributed by atoms with E-state index in [1.807, 2.05) is 24.3 Å². The Bertz CT molecular complexity index is 311. The van der Waals surface area contributed by atoms with E-state index in [1.54, 1.807) is 7.11 Å². The fourth-order valence-corrected chi connectivity index (χ4v) is 1.49. The highest BCUT2D eigenvalue weighted by Gasteiger charge is 2.01. The predicted octanol–water partition coefficient (Wildman–Crippen LogP) is 2.66. The Balaban J connectivity index is 2.34. The van der Waals surface area contributed by atoms with Crippen molar-refractivity contribution in [1.82, 2.24) is 0 Å². The third-order valence-electron chi connectivity index (χ3n) is 1.88. The highest BCUT2D eigenvalue weighted by Crippen LogP contribution is 2.11. The molecule has 0 saturated heterocycles. The number of benzene rings is 1. The number of rotatable bonds is 5. The van der Waals surface area contributed by atoms with Crippen LogP contribution in [0.4, 0.5) is 5.69 Å². The van der Waals surface area contributed by atoms with Crippen LogP contribution in [0.2, 0.25) is 0 Å². The van der Waals surface area contributed by atoms with Gasteiger partial charge in [-0.2, -0.15) is 0 Å². The van der Waals surface area contributed by atoms with Crippen LogP contribution in [0.5, 0.6) is 0 Å². The number of carbonyl (C=O) groups is 1. The number of hydrogen-bond acceptors (Lipinski definition) is 2.